The first-order valence-corrected chi connectivity index (χ1v) is 3.30. The van der Waals surface area contributed by atoms with Crippen LogP contribution < -0.4 is 0 Å². The SMILES string of the molecule is O=CC1(Cl)CCCC1. The number of halogens is 1. The summed E-state index contributed by atoms with van der Waals surface area (Å²) in [5.74, 6) is 0. The van der Waals surface area contributed by atoms with Crippen LogP contribution in [0.15, 0.2) is 0 Å². The van der Waals surface area contributed by atoms with Crippen molar-refractivity contribution in [3.63, 3.8) is 0 Å². The van der Waals surface area contributed by atoms with Crippen LogP contribution in [-0.4, -0.2) is 11.2 Å². The van der Waals surface area contributed by atoms with Crippen molar-refractivity contribution in [3.05, 3.63) is 0 Å². The van der Waals surface area contributed by atoms with Gasteiger partial charge < -0.3 is 4.79 Å². The Balaban J connectivity index is 2.52. The van der Waals surface area contributed by atoms with Gasteiger partial charge in [0.1, 0.15) is 6.29 Å². The van der Waals surface area contributed by atoms with Gasteiger partial charge in [-0.05, 0) is 12.8 Å². The van der Waals surface area contributed by atoms with E-state index in [2.05, 4.69) is 0 Å². The van der Waals surface area contributed by atoms with Crippen molar-refractivity contribution in [1.82, 2.24) is 0 Å². The second kappa shape index (κ2) is 2.06. The molecule has 0 atom stereocenters. The van der Waals surface area contributed by atoms with Crippen molar-refractivity contribution in [2.45, 2.75) is 30.6 Å². The van der Waals surface area contributed by atoms with E-state index < -0.39 is 4.87 Å². The van der Waals surface area contributed by atoms with E-state index in [0.29, 0.717) is 0 Å². The van der Waals surface area contributed by atoms with Gasteiger partial charge in [-0.2, -0.15) is 0 Å². The lowest BCUT2D eigenvalue weighted by atomic mass is 10.1. The monoisotopic (exact) mass is 132 g/mol. The van der Waals surface area contributed by atoms with Gasteiger partial charge in [0.15, 0.2) is 0 Å². The van der Waals surface area contributed by atoms with Gasteiger partial charge in [-0.15, -0.1) is 11.6 Å². The molecule has 0 unspecified atom stereocenters. The third-order valence-corrected chi connectivity index (χ3v) is 2.11. The summed E-state index contributed by atoms with van der Waals surface area (Å²) < 4.78 is 0. The molecule has 1 aliphatic rings. The molecule has 1 fully saturated rings. The molecule has 0 saturated heterocycles. The summed E-state index contributed by atoms with van der Waals surface area (Å²) in [7, 11) is 0. The highest BCUT2D eigenvalue weighted by atomic mass is 35.5. The Morgan fingerprint density at radius 2 is 1.88 bits per heavy atom. The quantitative estimate of drug-likeness (QED) is 0.392. The Morgan fingerprint density at radius 3 is 2.12 bits per heavy atom. The minimum absolute atomic E-state index is 0.472. The van der Waals surface area contributed by atoms with Gasteiger partial charge in [0, 0.05) is 0 Å². The lowest BCUT2D eigenvalue weighted by Crippen LogP contribution is -2.16. The van der Waals surface area contributed by atoms with Gasteiger partial charge in [-0.3, -0.25) is 0 Å². The molecule has 0 heterocycles. The number of carbonyl (C=O) groups excluding carboxylic acids is 1. The molecule has 0 spiro atoms. The fourth-order valence-electron chi connectivity index (χ4n) is 1.08. The second-order valence-corrected chi connectivity index (χ2v) is 3.11. The molecule has 0 N–H and O–H groups in total. The summed E-state index contributed by atoms with van der Waals surface area (Å²) in [6.07, 6.45) is 4.85. The maximum Gasteiger partial charge on any atom is 0.140 e. The molecule has 0 bridgehead atoms. The summed E-state index contributed by atoms with van der Waals surface area (Å²) in [6.45, 7) is 0. The van der Waals surface area contributed by atoms with E-state index in [1.807, 2.05) is 0 Å². The highest BCUT2D eigenvalue weighted by molar-refractivity contribution is 6.31. The van der Waals surface area contributed by atoms with Crippen LogP contribution in [0.4, 0.5) is 0 Å². The van der Waals surface area contributed by atoms with Crippen molar-refractivity contribution in [3.8, 4) is 0 Å². The summed E-state index contributed by atoms with van der Waals surface area (Å²) in [5, 5.41) is 0. The lowest BCUT2D eigenvalue weighted by Gasteiger charge is -2.08. The van der Waals surface area contributed by atoms with E-state index >= 15 is 0 Å². The molecular weight excluding hydrogens is 124 g/mol. The zero-order valence-electron chi connectivity index (χ0n) is 4.69. The van der Waals surface area contributed by atoms with Crippen molar-refractivity contribution in [2.24, 2.45) is 0 Å². The summed E-state index contributed by atoms with van der Waals surface area (Å²) >= 11 is 5.79. The largest absolute Gasteiger partial charge is 0.301 e. The van der Waals surface area contributed by atoms with Gasteiger partial charge in [0.05, 0.1) is 4.87 Å². The predicted molar refractivity (Wildman–Crippen MR) is 33.1 cm³/mol. The third kappa shape index (κ3) is 1.03. The molecule has 1 nitrogen and oxygen atoms in total. The number of rotatable bonds is 1. The minimum atomic E-state index is -0.472. The minimum Gasteiger partial charge on any atom is -0.301 e. The molecule has 1 rings (SSSR count). The van der Waals surface area contributed by atoms with Crippen LogP contribution in [0.5, 0.6) is 0 Å². The normalized spacial score (nSPS) is 25.6. The zero-order valence-corrected chi connectivity index (χ0v) is 5.45. The fraction of sp³-hybridized carbons (Fsp3) is 0.833. The summed E-state index contributed by atoms with van der Waals surface area (Å²) in [5.41, 5.74) is 0. The van der Waals surface area contributed by atoms with Gasteiger partial charge in [-0.25, -0.2) is 0 Å². The highest BCUT2D eigenvalue weighted by Crippen LogP contribution is 2.33. The van der Waals surface area contributed by atoms with Crippen LogP contribution in [0.3, 0.4) is 0 Å². The first kappa shape index (κ1) is 6.09. The van der Waals surface area contributed by atoms with E-state index in [4.69, 9.17) is 11.6 Å². The van der Waals surface area contributed by atoms with Crippen molar-refractivity contribution in [2.75, 3.05) is 0 Å². The van der Waals surface area contributed by atoms with Crippen LogP contribution in [0.2, 0.25) is 0 Å². The molecule has 2 heteroatoms. The predicted octanol–water partition coefficient (Wildman–Crippen LogP) is 1.74. The molecule has 0 aliphatic heterocycles. The molecule has 0 aromatic heterocycles. The van der Waals surface area contributed by atoms with Crippen LogP contribution in [0.25, 0.3) is 0 Å². The number of hydrogen-bond acceptors (Lipinski definition) is 1. The van der Waals surface area contributed by atoms with Gasteiger partial charge in [0.25, 0.3) is 0 Å². The standard InChI is InChI=1S/C6H9ClO/c7-6(5-8)3-1-2-4-6/h5H,1-4H2. The average Bonchev–Trinajstić information content (AvgIpc) is 2.17. The Kier molecular flexibility index (Phi) is 1.57. The van der Waals surface area contributed by atoms with E-state index in [9.17, 15) is 4.79 Å². The van der Waals surface area contributed by atoms with Crippen LogP contribution in [0, 0.1) is 0 Å². The smallest absolute Gasteiger partial charge is 0.140 e. The van der Waals surface area contributed by atoms with E-state index in [1.54, 1.807) is 0 Å². The summed E-state index contributed by atoms with van der Waals surface area (Å²) in [4.78, 5) is 9.72. The number of aldehydes is 1. The summed E-state index contributed by atoms with van der Waals surface area (Å²) in [6, 6.07) is 0. The van der Waals surface area contributed by atoms with Gasteiger partial charge >= 0.3 is 0 Å². The number of alkyl halides is 1. The Morgan fingerprint density at radius 1 is 1.38 bits per heavy atom. The molecule has 0 radical (unpaired) electrons. The molecule has 1 saturated carbocycles. The molecule has 0 aromatic carbocycles. The molecule has 0 amide bonds. The topological polar surface area (TPSA) is 17.1 Å². The molecular formula is C6H9ClO. The maximum atomic E-state index is 10.2. The zero-order chi connectivity index (χ0) is 6.04. The Hall–Kier alpha value is -0.0400. The van der Waals surface area contributed by atoms with E-state index in [-0.39, 0.29) is 0 Å². The highest BCUT2D eigenvalue weighted by Gasteiger charge is 2.30. The first-order chi connectivity index (χ1) is 3.77. The molecule has 46 valence electrons. The van der Waals surface area contributed by atoms with Crippen LogP contribution >= 0.6 is 11.6 Å². The number of carbonyl (C=O) groups is 1. The first-order valence-electron chi connectivity index (χ1n) is 2.92. The van der Waals surface area contributed by atoms with E-state index in [0.717, 1.165) is 32.0 Å². The Labute approximate surface area is 54.0 Å². The molecule has 8 heavy (non-hydrogen) atoms. The lowest BCUT2D eigenvalue weighted by molar-refractivity contribution is -0.109. The Bertz CT molecular complexity index is 94.7. The fourth-order valence-corrected chi connectivity index (χ4v) is 1.35. The molecule has 1 aliphatic carbocycles. The van der Waals surface area contributed by atoms with Crippen LogP contribution in [-0.2, 0) is 4.79 Å². The second-order valence-electron chi connectivity index (χ2n) is 2.36. The number of hydrogen-bond donors (Lipinski definition) is 0. The molecule has 0 aromatic rings. The maximum absolute atomic E-state index is 10.2. The average molecular weight is 133 g/mol. The van der Waals surface area contributed by atoms with Crippen molar-refractivity contribution in [1.29, 1.82) is 0 Å². The van der Waals surface area contributed by atoms with E-state index in [1.165, 1.54) is 0 Å². The third-order valence-electron chi connectivity index (χ3n) is 1.65. The van der Waals surface area contributed by atoms with Crippen LogP contribution in [0.1, 0.15) is 25.7 Å². The van der Waals surface area contributed by atoms with Gasteiger partial charge in [-0.1, -0.05) is 12.8 Å². The van der Waals surface area contributed by atoms with Crippen molar-refractivity contribution >= 4 is 17.9 Å². The van der Waals surface area contributed by atoms with Gasteiger partial charge in [0.2, 0.25) is 0 Å². The van der Waals surface area contributed by atoms with Crippen molar-refractivity contribution < 1.29 is 4.79 Å².